The molecule has 0 saturated heterocycles. The Kier molecular flexibility index (Phi) is 6.01. The smallest absolute Gasteiger partial charge is 0.244 e. The van der Waals surface area contributed by atoms with Gasteiger partial charge in [0.2, 0.25) is 12.7 Å². The third-order valence-electron chi connectivity index (χ3n) is 4.37. The van der Waals surface area contributed by atoms with Crippen LogP contribution in [0.5, 0.6) is 17.2 Å². The lowest BCUT2D eigenvalue weighted by atomic mass is 9.97. The largest absolute Gasteiger partial charge is 0.497 e. The number of hydrogen-bond donors (Lipinski definition) is 1. The number of methoxy groups -OCH3 is 1. The Balaban J connectivity index is 1.68. The zero-order chi connectivity index (χ0) is 19.2. The van der Waals surface area contributed by atoms with Gasteiger partial charge in [-0.05, 0) is 53.8 Å². The van der Waals surface area contributed by atoms with Gasteiger partial charge in [0.25, 0.3) is 0 Å². The molecule has 0 unspecified atom stereocenters. The van der Waals surface area contributed by atoms with Crippen molar-refractivity contribution >= 4 is 12.0 Å². The fraction of sp³-hybridized carbons (Fsp3) is 0.318. The van der Waals surface area contributed by atoms with Gasteiger partial charge in [-0.1, -0.05) is 32.0 Å². The summed E-state index contributed by atoms with van der Waals surface area (Å²) in [6.45, 7) is 4.53. The van der Waals surface area contributed by atoms with Gasteiger partial charge < -0.3 is 19.5 Å². The fourth-order valence-corrected chi connectivity index (χ4v) is 2.99. The SMILES string of the molecule is COc1ccc([C@@H](CC(C)C)NC(=O)/C=C/c2ccc3c(c2)OCO3)cc1. The summed E-state index contributed by atoms with van der Waals surface area (Å²) in [4.78, 5) is 12.5. The van der Waals surface area contributed by atoms with E-state index in [2.05, 4.69) is 19.2 Å². The molecule has 1 atom stereocenters. The van der Waals surface area contributed by atoms with Crippen LogP contribution in [0.4, 0.5) is 0 Å². The highest BCUT2D eigenvalue weighted by molar-refractivity contribution is 5.92. The third kappa shape index (κ3) is 5.03. The molecule has 2 aromatic rings. The molecule has 5 nitrogen and oxygen atoms in total. The summed E-state index contributed by atoms with van der Waals surface area (Å²) in [5, 5.41) is 3.10. The first-order valence-corrected chi connectivity index (χ1v) is 9.07. The standard InChI is InChI=1S/C22H25NO4/c1-15(2)12-19(17-6-8-18(25-3)9-7-17)23-22(24)11-5-16-4-10-20-21(13-16)27-14-26-20/h4-11,13,15,19H,12,14H2,1-3H3,(H,23,24)/b11-5+/t19-/m1/s1. The van der Waals surface area contributed by atoms with Crippen LogP contribution in [-0.4, -0.2) is 19.8 Å². The highest BCUT2D eigenvalue weighted by Gasteiger charge is 2.16. The molecule has 0 radical (unpaired) electrons. The van der Waals surface area contributed by atoms with Crippen LogP contribution in [0.1, 0.15) is 37.4 Å². The molecule has 0 aromatic heterocycles. The van der Waals surface area contributed by atoms with Crippen LogP contribution in [0.15, 0.2) is 48.5 Å². The Morgan fingerprint density at radius 1 is 1.15 bits per heavy atom. The average molecular weight is 367 g/mol. The van der Waals surface area contributed by atoms with Crippen molar-refractivity contribution in [2.75, 3.05) is 13.9 Å². The van der Waals surface area contributed by atoms with Crippen molar-refractivity contribution in [1.82, 2.24) is 5.32 Å². The van der Waals surface area contributed by atoms with Crippen LogP contribution < -0.4 is 19.5 Å². The van der Waals surface area contributed by atoms with Gasteiger partial charge in [0, 0.05) is 6.08 Å². The van der Waals surface area contributed by atoms with Gasteiger partial charge in [0.1, 0.15) is 5.75 Å². The number of hydrogen-bond acceptors (Lipinski definition) is 4. The number of amides is 1. The minimum absolute atomic E-state index is 0.0511. The Hall–Kier alpha value is -2.95. The molecule has 1 aliphatic rings. The van der Waals surface area contributed by atoms with Gasteiger partial charge in [-0.3, -0.25) is 4.79 Å². The predicted octanol–water partition coefficient (Wildman–Crippen LogP) is 4.34. The molecule has 3 rings (SSSR count). The lowest BCUT2D eigenvalue weighted by molar-refractivity contribution is -0.117. The van der Waals surface area contributed by atoms with Gasteiger partial charge in [-0.15, -0.1) is 0 Å². The summed E-state index contributed by atoms with van der Waals surface area (Å²) in [7, 11) is 1.64. The molecule has 1 aliphatic heterocycles. The molecule has 0 bridgehead atoms. The molecule has 1 heterocycles. The number of fused-ring (bicyclic) bond motifs is 1. The van der Waals surface area contributed by atoms with E-state index in [9.17, 15) is 4.79 Å². The predicted molar refractivity (Wildman–Crippen MR) is 105 cm³/mol. The van der Waals surface area contributed by atoms with Crippen molar-refractivity contribution in [3.63, 3.8) is 0 Å². The maximum atomic E-state index is 12.5. The molecule has 2 aromatic carbocycles. The highest BCUT2D eigenvalue weighted by Crippen LogP contribution is 2.32. The third-order valence-corrected chi connectivity index (χ3v) is 4.37. The Labute approximate surface area is 159 Å². The van der Waals surface area contributed by atoms with Crippen LogP contribution in [0.3, 0.4) is 0 Å². The number of benzene rings is 2. The van der Waals surface area contributed by atoms with E-state index in [1.807, 2.05) is 42.5 Å². The normalized spacial score (nSPS) is 13.8. The summed E-state index contributed by atoms with van der Waals surface area (Å²) >= 11 is 0. The van der Waals surface area contributed by atoms with Gasteiger partial charge in [0.15, 0.2) is 11.5 Å². The van der Waals surface area contributed by atoms with Gasteiger partial charge >= 0.3 is 0 Å². The maximum Gasteiger partial charge on any atom is 0.244 e. The molecule has 0 fully saturated rings. The van der Waals surface area contributed by atoms with E-state index >= 15 is 0 Å². The Bertz CT molecular complexity index is 812. The second kappa shape index (κ2) is 8.62. The number of ether oxygens (including phenoxy) is 3. The van der Waals surface area contributed by atoms with Crippen LogP contribution in [-0.2, 0) is 4.79 Å². The van der Waals surface area contributed by atoms with Gasteiger partial charge in [0.05, 0.1) is 13.2 Å². The topological polar surface area (TPSA) is 56.8 Å². The van der Waals surface area contributed by atoms with Crippen LogP contribution >= 0.6 is 0 Å². The summed E-state index contributed by atoms with van der Waals surface area (Å²) in [6.07, 6.45) is 4.18. The van der Waals surface area contributed by atoms with Crippen molar-refractivity contribution < 1.29 is 19.0 Å². The minimum Gasteiger partial charge on any atom is -0.497 e. The van der Waals surface area contributed by atoms with Crippen molar-refractivity contribution in [2.24, 2.45) is 5.92 Å². The van der Waals surface area contributed by atoms with E-state index in [1.165, 1.54) is 0 Å². The Morgan fingerprint density at radius 2 is 1.89 bits per heavy atom. The monoisotopic (exact) mass is 367 g/mol. The lowest BCUT2D eigenvalue weighted by Gasteiger charge is -2.20. The maximum absolute atomic E-state index is 12.5. The molecule has 142 valence electrons. The molecule has 5 heteroatoms. The van der Waals surface area contributed by atoms with E-state index in [1.54, 1.807) is 19.3 Å². The molecule has 1 N–H and O–H groups in total. The Morgan fingerprint density at radius 3 is 2.59 bits per heavy atom. The number of nitrogens with one attached hydrogen (secondary N) is 1. The zero-order valence-electron chi connectivity index (χ0n) is 15.9. The molecule has 1 amide bonds. The van der Waals surface area contributed by atoms with Crippen molar-refractivity contribution in [3.8, 4) is 17.2 Å². The lowest BCUT2D eigenvalue weighted by Crippen LogP contribution is -2.27. The van der Waals surface area contributed by atoms with Gasteiger partial charge in [-0.2, -0.15) is 0 Å². The quantitative estimate of drug-likeness (QED) is 0.740. The average Bonchev–Trinajstić information content (AvgIpc) is 3.13. The van der Waals surface area contributed by atoms with Crippen molar-refractivity contribution in [3.05, 3.63) is 59.7 Å². The van der Waals surface area contributed by atoms with Crippen molar-refractivity contribution in [1.29, 1.82) is 0 Å². The number of carbonyl (C=O) groups is 1. The van der Waals surface area contributed by atoms with E-state index < -0.39 is 0 Å². The van der Waals surface area contributed by atoms with E-state index in [0.29, 0.717) is 11.7 Å². The number of carbonyl (C=O) groups excluding carboxylic acids is 1. The first kappa shape index (κ1) is 18.8. The first-order chi connectivity index (χ1) is 13.0. The van der Waals surface area contributed by atoms with Crippen LogP contribution in [0, 0.1) is 5.92 Å². The molecule has 0 spiro atoms. The molecular weight excluding hydrogens is 342 g/mol. The second-order valence-electron chi connectivity index (χ2n) is 6.91. The molecular formula is C22H25NO4. The summed E-state index contributed by atoms with van der Waals surface area (Å²) in [5.41, 5.74) is 1.95. The summed E-state index contributed by atoms with van der Waals surface area (Å²) in [5.74, 6) is 2.56. The van der Waals surface area contributed by atoms with Crippen molar-refractivity contribution in [2.45, 2.75) is 26.3 Å². The minimum atomic E-state index is -0.130. The van der Waals surface area contributed by atoms with Crippen LogP contribution in [0.2, 0.25) is 0 Å². The number of rotatable bonds is 7. The molecule has 0 aliphatic carbocycles. The summed E-state index contributed by atoms with van der Waals surface area (Å²) in [6, 6.07) is 13.4. The fourth-order valence-electron chi connectivity index (χ4n) is 2.99. The van der Waals surface area contributed by atoms with E-state index in [4.69, 9.17) is 14.2 Å². The van der Waals surface area contributed by atoms with E-state index in [0.717, 1.165) is 29.0 Å². The van der Waals surface area contributed by atoms with Crippen LogP contribution in [0.25, 0.3) is 6.08 Å². The van der Waals surface area contributed by atoms with Gasteiger partial charge in [-0.25, -0.2) is 0 Å². The second-order valence-corrected chi connectivity index (χ2v) is 6.91. The molecule has 27 heavy (non-hydrogen) atoms. The zero-order valence-corrected chi connectivity index (χ0v) is 15.9. The molecule has 0 saturated carbocycles. The highest BCUT2D eigenvalue weighted by atomic mass is 16.7. The summed E-state index contributed by atoms with van der Waals surface area (Å²) < 4.78 is 15.9. The first-order valence-electron chi connectivity index (χ1n) is 9.07. The van der Waals surface area contributed by atoms with E-state index in [-0.39, 0.29) is 18.7 Å².